The van der Waals surface area contributed by atoms with Gasteiger partial charge < -0.3 is 5.73 Å². The van der Waals surface area contributed by atoms with Crippen molar-refractivity contribution in [3.05, 3.63) is 72.3 Å². The minimum absolute atomic E-state index is 0.0673. The van der Waals surface area contributed by atoms with E-state index in [-0.39, 0.29) is 6.04 Å². The van der Waals surface area contributed by atoms with Crippen molar-refractivity contribution in [2.24, 2.45) is 5.73 Å². The molecule has 0 bridgehead atoms. The van der Waals surface area contributed by atoms with Gasteiger partial charge in [-0.25, -0.2) is 9.97 Å². The van der Waals surface area contributed by atoms with E-state index in [2.05, 4.69) is 52.4 Å². The molecular weight excluding hydrogens is 234 g/mol. The highest BCUT2D eigenvalue weighted by atomic mass is 14.8. The minimum Gasteiger partial charge on any atom is -0.324 e. The Morgan fingerprint density at radius 2 is 1.68 bits per heavy atom. The van der Waals surface area contributed by atoms with Crippen molar-refractivity contribution in [1.29, 1.82) is 0 Å². The van der Waals surface area contributed by atoms with Crippen LogP contribution in [0.3, 0.4) is 0 Å². The number of fused-ring (bicyclic) bond motifs is 1. The maximum atomic E-state index is 6.19. The van der Waals surface area contributed by atoms with Gasteiger partial charge in [0, 0.05) is 24.0 Å². The molecule has 3 rings (SSSR count). The van der Waals surface area contributed by atoms with Crippen molar-refractivity contribution < 1.29 is 0 Å². The summed E-state index contributed by atoms with van der Waals surface area (Å²) in [6, 6.07) is 14.7. The largest absolute Gasteiger partial charge is 0.324 e. The monoisotopic (exact) mass is 249 g/mol. The number of benzene rings is 2. The van der Waals surface area contributed by atoms with Gasteiger partial charge in [0.25, 0.3) is 0 Å². The van der Waals surface area contributed by atoms with Crippen molar-refractivity contribution in [2.45, 2.75) is 12.5 Å². The van der Waals surface area contributed by atoms with E-state index in [4.69, 9.17) is 5.73 Å². The van der Waals surface area contributed by atoms with Gasteiger partial charge in [-0.3, -0.25) is 0 Å². The van der Waals surface area contributed by atoms with Gasteiger partial charge in [-0.1, -0.05) is 42.5 Å². The molecule has 94 valence electrons. The first-order chi connectivity index (χ1) is 9.33. The highest BCUT2D eigenvalue weighted by molar-refractivity contribution is 5.83. The van der Waals surface area contributed by atoms with E-state index in [1.807, 2.05) is 0 Å². The molecule has 0 spiro atoms. The Bertz CT molecular complexity index is 680. The van der Waals surface area contributed by atoms with Gasteiger partial charge in [0.05, 0.1) is 0 Å². The fraction of sp³-hybridized carbons (Fsp3) is 0.125. The van der Waals surface area contributed by atoms with Crippen LogP contribution in [-0.2, 0) is 6.42 Å². The predicted molar refractivity (Wildman–Crippen MR) is 76.6 cm³/mol. The van der Waals surface area contributed by atoms with Crippen LogP contribution in [0.15, 0.2) is 61.2 Å². The molecule has 1 aromatic heterocycles. The Balaban J connectivity index is 1.85. The average Bonchev–Trinajstić information content (AvgIpc) is 2.48. The lowest BCUT2D eigenvalue weighted by Crippen LogP contribution is -2.13. The van der Waals surface area contributed by atoms with Crippen LogP contribution < -0.4 is 5.73 Å². The molecule has 3 heteroatoms. The first-order valence-corrected chi connectivity index (χ1v) is 6.31. The molecule has 0 saturated heterocycles. The zero-order valence-corrected chi connectivity index (χ0v) is 10.5. The molecule has 0 aliphatic rings. The molecule has 19 heavy (non-hydrogen) atoms. The highest BCUT2D eigenvalue weighted by Gasteiger charge is 2.07. The summed E-state index contributed by atoms with van der Waals surface area (Å²) in [5.74, 6) is 0. The van der Waals surface area contributed by atoms with E-state index in [1.165, 1.54) is 22.7 Å². The third-order valence-electron chi connectivity index (χ3n) is 3.28. The van der Waals surface area contributed by atoms with Crippen molar-refractivity contribution in [3.8, 4) is 0 Å². The standard InChI is InChI=1S/C16H15N3/c17-16(15-9-18-11-19-10-15)8-12-5-6-13-3-1-2-4-14(13)7-12/h1-7,9-11,16H,8,17H2. The summed E-state index contributed by atoms with van der Waals surface area (Å²) in [5, 5.41) is 2.50. The molecule has 2 aromatic carbocycles. The Kier molecular flexibility index (Phi) is 3.21. The molecule has 0 aliphatic carbocycles. The van der Waals surface area contributed by atoms with Crippen LogP contribution in [0.1, 0.15) is 17.2 Å². The summed E-state index contributed by atoms with van der Waals surface area (Å²) in [7, 11) is 0. The number of aromatic nitrogens is 2. The molecule has 2 N–H and O–H groups in total. The summed E-state index contributed by atoms with van der Waals surface area (Å²) >= 11 is 0. The van der Waals surface area contributed by atoms with Crippen LogP contribution in [0.25, 0.3) is 10.8 Å². The molecule has 0 radical (unpaired) electrons. The Labute approximate surface area is 112 Å². The van der Waals surface area contributed by atoms with Crippen LogP contribution >= 0.6 is 0 Å². The van der Waals surface area contributed by atoms with Gasteiger partial charge in [-0.2, -0.15) is 0 Å². The van der Waals surface area contributed by atoms with Gasteiger partial charge in [0.15, 0.2) is 0 Å². The fourth-order valence-corrected chi connectivity index (χ4v) is 2.24. The molecule has 0 saturated carbocycles. The second kappa shape index (κ2) is 5.16. The molecule has 0 aliphatic heterocycles. The number of rotatable bonds is 3. The Morgan fingerprint density at radius 3 is 2.47 bits per heavy atom. The minimum atomic E-state index is -0.0673. The zero-order valence-electron chi connectivity index (χ0n) is 10.5. The van der Waals surface area contributed by atoms with E-state index in [1.54, 1.807) is 12.4 Å². The van der Waals surface area contributed by atoms with Crippen molar-refractivity contribution >= 4 is 10.8 Å². The van der Waals surface area contributed by atoms with Gasteiger partial charge >= 0.3 is 0 Å². The number of nitrogens with two attached hydrogens (primary N) is 1. The van der Waals surface area contributed by atoms with Gasteiger partial charge in [0.2, 0.25) is 0 Å². The van der Waals surface area contributed by atoms with Crippen LogP contribution in [0.4, 0.5) is 0 Å². The second-order valence-corrected chi connectivity index (χ2v) is 4.66. The Morgan fingerprint density at radius 1 is 0.947 bits per heavy atom. The van der Waals surface area contributed by atoms with Crippen molar-refractivity contribution in [2.75, 3.05) is 0 Å². The molecular formula is C16H15N3. The van der Waals surface area contributed by atoms with Crippen molar-refractivity contribution in [1.82, 2.24) is 9.97 Å². The van der Waals surface area contributed by atoms with Crippen LogP contribution in [0.5, 0.6) is 0 Å². The first-order valence-electron chi connectivity index (χ1n) is 6.31. The summed E-state index contributed by atoms with van der Waals surface area (Å²) < 4.78 is 0. The number of hydrogen-bond acceptors (Lipinski definition) is 3. The van der Waals surface area contributed by atoms with Crippen molar-refractivity contribution in [3.63, 3.8) is 0 Å². The second-order valence-electron chi connectivity index (χ2n) is 4.66. The van der Waals surface area contributed by atoms with Crippen LogP contribution in [0.2, 0.25) is 0 Å². The lowest BCUT2D eigenvalue weighted by atomic mass is 9.99. The fourth-order valence-electron chi connectivity index (χ4n) is 2.24. The van der Waals surface area contributed by atoms with Crippen LogP contribution in [-0.4, -0.2) is 9.97 Å². The topological polar surface area (TPSA) is 51.8 Å². The predicted octanol–water partition coefficient (Wildman–Crippen LogP) is 2.87. The highest BCUT2D eigenvalue weighted by Crippen LogP contribution is 2.19. The molecule has 0 amide bonds. The van der Waals surface area contributed by atoms with Gasteiger partial charge in [-0.05, 0) is 22.8 Å². The van der Waals surface area contributed by atoms with E-state index in [0.29, 0.717) is 0 Å². The molecule has 1 unspecified atom stereocenters. The van der Waals surface area contributed by atoms with E-state index >= 15 is 0 Å². The maximum Gasteiger partial charge on any atom is 0.115 e. The van der Waals surface area contributed by atoms with E-state index in [0.717, 1.165) is 12.0 Å². The first kappa shape index (κ1) is 11.8. The molecule has 1 heterocycles. The number of nitrogens with zero attached hydrogens (tertiary/aromatic N) is 2. The SMILES string of the molecule is NC(Cc1ccc2ccccc2c1)c1cncnc1. The Hall–Kier alpha value is -2.26. The third kappa shape index (κ3) is 2.61. The van der Waals surface area contributed by atoms with E-state index < -0.39 is 0 Å². The maximum absolute atomic E-state index is 6.19. The number of hydrogen-bond donors (Lipinski definition) is 1. The summed E-state index contributed by atoms with van der Waals surface area (Å²) in [6.45, 7) is 0. The molecule has 3 aromatic rings. The average molecular weight is 249 g/mol. The quantitative estimate of drug-likeness (QED) is 0.776. The van der Waals surface area contributed by atoms with Gasteiger partial charge in [0.1, 0.15) is 6.33 Å². The van der Waals surface area contributed by atoms with Crippen LogP contribution in [0, 0.1) is 0 Å². The molecule has 3 nitrogen and oxygen atoms in total. The molecule has 1 atom stereocenters. The van der Waals surface area contributed by atoms with Gasteiger partial charge in [-0.15, -0.1) is 0 Å². The smallest absolute Gasteiger partial charge is 0.115 e. The molecule has 0 fully saturated rings. The lowest BCUT2D eigenvalue weighted by molar-refractivity contribution is 0.713. The third-order valence-corrected chi connectivity index (χ3v) is 3.28. The lowest BCUT2D eigenvalue weighted by Gasteiger charge is -2.11. The van der Waals surface area contributed by atoms with E-state index in [9.17, 15) is 0 Å². The summed E-state index contributed by atoms with van der Waals surface area (Å²) in [6.07, 6.45) is 5.86. The zero-order chi connectivity index (χ0) is 13.1. The normalized spacial score (nSPS) is 12.5. The summed E-state index contributed by atoms with van der Waals surface area (Å²) in [4.78, 5) is 8.01. The summed E-state index contributed by atoms with van der Waals surface area (Å²) in [5.41, 5.74) is 8.39.